The van der Waals surface area contributed by atoms with Gasteiger partial charge in [0.2, 0.25) is 5.95 Å². The van der Waals surface area contributed by atoms with Crippen LogP contribution in [0, 0.1) is 5.82 Å². The minimum atomic E-state index is -1.29. The number of nitrogen functional groups attached to an aromatic ring is 1. The molecule has 0 unspecified atom stereocenters. The van der Waals surface area contributed by atoms with Gasteiger partial charge in [0, 0.05) is 0 Å². The summed E-state index contributed by atoms with van der Waals surface area (Å²) in [5.41, 5.74) is 5.76. The number of nitrogens with one attached hydrogen (secondary N) is 1. The Balaban J connectivity index is 1.68. The standard InChI is InChI=1S/C15H13FN4O3S/c16-9-6-7(4-5-8(9)14(22)23)2-1-3-10-18-11-12(21)19-15(17)20-13(11)24-10/h4-6H,1-3H2,(H,22,23)(H3,17,19,20,21). The molecule has 0 saturated heterocycles. The first-order valence-electron chi connectivity index (χ1n) is 7.11. The van der Waals surface area contributed by atoms with Crippen LogP contribution >= 0.6 is 11.3 Å². The van der Waals surface area contributed by atoms with Gasteiger partial charge in [-0.1, -0.05) is 17.4 Å². The molecule has 4 N–H and O–H groups in total. The van der Waals surface area contributed by atoms with Crippen molar-refractivity contribution in [3.63, 3.8) is 0 Å². The summed E-state index contributed by atoms with van der Waals surface area (Å²) >= 11 is 1.30. The highest BCUT2D eigenvalue weighted by molar-refractivity contribution is 7.18. The van der Waals surface area contributed by atoms with E-state index in [0.717, 1.165) is 5.01 Å². The van der Waals surface area contributed by atoms with Gasteiger partial charge in [0.1, 0.15) is 5.82 Å². The maximum atomic E-state index is 13.6. The number of carboxylic acids is 1. The van der Waals surface area contributed by atoms with Crippen molar-refractivity contribution in [1.82, 2.24) is 15.0 Å². The fraction of sp³-hybridized carbons (Fsp3) is 0.200. The van der Waals surface area contributed by atoms with Gasteiger partial charge in [-0.05, 0) is 37.0 Å². The van der Waals surface area contributed by atoms with Crippen molar-refractivity contribution in [3.05, 3.63) is 50.5 Å². The molecule has 3 rings (SSSR count). The van der Waals surface area contributed by atoms with Gasteiger partial charge in [0.15, 0.2) is 10.3 Å². The lowest BCUT2D eigenvalue weighted by molar-refractivity contribution is 0.0692. The summed E-state index contributed by atoms with van der Waals surface area (Å²) in [6, 6.07) is 4.09. The molecule has 3 aromatic rings. The summed E-state index contributed by atoms with van der Waals surface area (Å²) in [4.78, 5) is 33.7. The molecule has 0 aliphatic carbocycles. The highest BCUT2D eigenvalue weighted by atomic mass is 32.1. The molecular formula is C15H13FN4O3S. The number of nitrogens with two attached hydrogens (primary N) is 1. The smallest absolute Gasteiger partial charge is 0.338 e. The Labute approximate surface area is 139 Å². The number of H-pyrrole nitrogens is 1. The maximum Gasteiger partial charge on any atom is 0.338 e. The largest absolute Gasteiger partial charge is 0.478 e. The zero-order valence-electron chi connectivity index (χ0n) is 12.4. The zero-order valence-corrected chi connectivity index (χ0v) is 13.2. The van der Waals surface area contributed by atoms with E-state index >= 15 is 0 Å². The van der Waals surface area contributed by atoms with Gasteiger partial charge in [-0.15, -0.1) is 0 Å². The van der Waals surface area contributed by atoms with Crippen LogP contribution in [0.15, 0.2) is 23.0 Å². The van der Waals surface area contributed by atoms with E-state index in [-0.39, 0.29) is 22.6 Å². The molecule has 0 aliphatic heterocycles. The predicted molar refractivity (Wildman–Crippen MR) is 87.8 cm³/mol. The molecule has 0 saturated carbocycles. The number of aryl methyl sites for hydroxylation is 2. The summed E-state index contributed by atoms with van der Waals surface area (Å²) in [5, 5.41) is 9.55. The number of hydrogen-bond acceptors (Lipinski definition) is 6. The third kappa shape index (κ3) is 3.25. The van der Waals surface area contributed by atoms with Gasteiger partial charge in [-0.3, -0.25) is 9.78 Å². The van der Waals surface area contributed by atoms with Crippen LogP contribution in [0.25, 0.3) is 10.3 Å². The van der Waals surface area contributed by atoms with Gasteiger partial charge < -0.3 is 10.8 Å². The molecule has 124 valence electrons. The number of aromatic amines is 1. The number of anilines is 1. The number of nitrogens with zero attached hydrogens (tertiary/aromatic N) is 2. The average molecular weight is 348 g/mol. The molecule has 1 aromatic carbocycles. The Morgan fingerprint density at radius 3 is 2.83 bits per heavy atom. The monoisotopic (exact) mass is 348 g/mol. The van der Waals surface area contributed by atoms with Crippen LogP contribution < -0.4 is 11.3 Å². The van der Waals surface area contributed by atoms with Crippen LogP contribution in [0.5, 0.6) is 0 Å². The lowest BCUT2D eigenvalue weighted by Crippen LogP contribution is -2.10. The van der Waals surface area contributed by atoms with E-state index in [2.05, 4.69) is 15.0 Å². The van der Waals surface area contributed by atoms with Crippen molar-refractivity contribution in [1.29, 1.82) is 0 Å². The molecule has 0 aliphatic rings. The summed E-state index contributed by atoms with van der Waals surface area (Å²) in [7, 11) is 0. The zero-order chi connectivity index (χ0) is 17.3. The molecule has 0 amide bonds. The highest BCUT2D eigenvalue weighted by Gasteiger charge is 2.12. The topological polar surface area (TPSA) is 122 Å². The Kier molecular flexibility index (Phi) is 4.26. The number of hydrogen-bond donors (Lipinski definition) is 3. The normalized spacial score (nSPS) is 11.0. The van der Waals surface area contributed by atoms with Crippen LogP contribution in [0.4, 0.5) is 10.3 Å². The van der Waals surface area contributed by atoms with Crippen molar-refractivity contribution in [2.45, 2.75) is 19.3 Å². The second-order valence-corrected chi connectivity index (χ2v) is 6.25. The molecule has 0 spiro atoms. The number of halogens is 1. The molecular weight excluding hydrogens is 335 g/mol. The number of benzene rings is 1. The van der Waals surface area contributed by atoms with Crippen LogP contribution in [-0.4, -0.2) is 26.0 Å². The van der Waals surface area contributed by atoms with E-state index in [1.165, 1.54) is 23.5 Å². The first-order valence-corrected chi connectivity index (χ1v) is 7.92. The SMILES string of the molecule is Nc1nc2sc(CCCc3ccc(C(=O)O)c(F)c3)nc2c(=O)[nH]1. The number of fused-ring (bicyclic) bond motifs is 1. The highest BCUT2D eigenvalue weighted by Crippen LogP contribution is 2.20. The second-order valence-electron chi connectivity index (χ2n) is 5.19. The van der Waals surface area contributed by atoms with E-state index in [1.807, 2.05) is 0 Å². The Bertz CT molecular complexity index is 982. The summed E-state index contributed by atoms with van der Waals surface area (Å²) in [5.74, 6) is -1.98. The minimum absolute atomic E-state index is 0.0525. The fourth-order valence-electron chi connectivity index (χ4n) is 2.33. The quantitative estimate of drug-likeness (QED) is 0.648. The molecule has 2 heterocycles. The molecule has 0 bridgehead atoms. The molecule has 9 heteroatoms. The number of thiazole rings is 1. The summed E-state index contributed by atoms with van der Waals surface area (Å²) < 4.78 is 13.6. The first kappa shape index (κ1) is 16.1. The van der Waals surface area contributed by atoms with Gasteiger partial charge in [0.25, 0.3) is 5.56 Å². The van der Waals surface area contributed by atoms with Gasteiger partial charge >= 0.3 is 5.97 Å². The molecule has 7 nitrogen and oxygen atoms in total. The number of aromatic nitrogens is 3. The minimum Gasteiger partial charge on any atom is -0.478 e. The van der Waals surface area contributed by atoms with Crippen molar-refractivity contribution in [2.75, 3.05) is 5.73 Å². The third-order valence-corrected chi connectivity index (χ3v) is 4.46. The second kappa shape index (κ2) is 6.36. The van der Waals surface area contributed by atoms with Crippen LogP contribution in [0.3, 0.4) is 0 Å². The number of carboxylic acid groups (broad SMARTS) is 1. The van der Waals surface area contributed by atoms with Crippen LogP contribution in [0.2, 0.25) is 0 Å². The molecule has 0 atom stereocenters. The van der Waals surface area contributed by atoms with Gasteiger partial charge in [-0.2, -0.15) is 0 Å². The Morgan fingerprint density at radius 2 is 2.12 bits per heavy atom. The lowest BCUT2D eigenvalue weighted by Gasteiger charge is -2.03. The van der Waals surface area contributed by atoms with Crippen molar-refractivity contribution in [2.24, 2.45) is 0 Å². The number of rotatable bonds is 5. The fourth-order valence-corrected chi connectivity index (χ4v) is 3.32. The number of aromatic carboxylic acids is 1. The Hall–Kier alpha value is -2.81. The van der Waals surface area contributed by atoms with E-state index in [0.29, 0.717) is 29.7 Å². The van der Waals surface area contributed by atoms with E-state index in [4.69, 9.17) is 10.8 Å². The van der Waals surface area contributed by atoms with E-state index in [1.54, 1.807) is 6.07 Å². The van der Waals surface area contributed by atoms with Crippen molar-refractivity contribution < 1.29 is 14.3 Å². The first-order chi connectivity index (χ1) is 11.4. The lowest BCUT2D eigenvalue weighted by atomic mass is 10.1. The number of carbonyl (C=O) groups is 1. The van der Waals surface area contributed by atoms with Gasteiger partial charge in [0.05, 0.1) is 10.6 Å². The van der Waals surface area contributed by atoms with Crippen molar-refractivity contribution >= 4 is 33.6 Å². The summed E-state index contributed by atoms with van der Waals surface area (Å²) in [6.45, 7) is 0. The van der Waals surface area contributed by atoms with Crippen LogP contribution in [-0.2, 0) is 12.8 Å². The van der Waals surface area contributed by atoms with Crippen LogP contribution in [0.1, 0.15) is 27.3 Å². The Morgan fingerprint density at radius 1 is 1.33 bits per heavy atom. The molecule has 0 fully saturated rings. The molecule has 2 aromatic heterocycles. The molecule has 24 heavy (non-hydrogen) atoms. The molecule has 0 radical (unpaired) electrons. The predicted octanol–water partition coefficient (Wildman–Crippen LogP) is 1.97. The third-order valence-electron chi connectivity index (χ3n) is 3.45. The van der Waals surface area contributed by atoms with Gasteiger partial charge in [-0.25, -0.2) is 19.2 Å². The van der Waals surface area contributed by atoms with E-state index < -0.39 is 11.8 Å². The summed E-state index contributed by atoms with van der Waals surface area (Å²) in [6.07, 6.45) is 1.85. The van der Waals surface area contributed by atoms with Crippen molar-refractivity contribution in [3.8, 4) is 0 Å². The average Bonchev–Trinajstić information content (AvgIpc) is 2.90. The van der Waals surface area contributed by atoms with E-state index in [9.17, 15) is 14.0 Å². The maximum absolute atomic E-state index is 13.6.